The van der Waals surface area contributed by atoms with E-state index in [0.29, 0.717) is 16.3 Å². The maximum Gasteiger partial charge on any atom is 0.286 e. The predicted octanol–water partition coefficient (Wildman–Crippen LogP) is 3.81. The molecule has 2 aromatic rings. The second-order valence-corrected chi connectivity index (χ2v) is 7.66. The van der Waals surface area contributed by atoms with Gasteiger partial charge in [0.15, 0.2) is 0 Å². The van der Waals surface area contributed by atoms with Crippen LogP contribution in [-0.2, 0) is 6.42 Å². The predicted molar refractivity (Wildman–Crippen MR) is 103 cm³/mol. The molecule has 1 fully saturated rings. The van der Waals surface area contributed by atoms with Crippen LogP contribution in [0.15, 0.2) is 24.3 Å². The van der Waals surface area contributed by atoms with E-state index in [9.17, 15) is 9.59 Å². The Morgan fingerprint density at radius 3 is 2.73 bits per heavy atom. The highest BCUT2D eigenvalue weighted by atomic mass is 32.1. The van der Waals surface area contributed by atoms with Crippen molar-refractivity contribution in [3.63, 3.8) is 0 Å². The molecular formula is C19H24N4O2S. The fraction of sp³-hybridized carbons (Fsp3) is 0.474. The number of carbonyl (C=O) groups excluding carboxylic acids is 2. The average Bonchev–Trinajstić information content (AvgIpc) is 3.12. The summed E-state index contributed by atoms with van der Waals surface area (Å²) in [6.45, 7) is 2.06. The number of carbonyl (C=O) groups is 2. The van der Waals surface area contributed by atoms with Gasteiger partial charge in [0.1, 0.15) is 5.01 Å². The Hall–Kier alpha value is -2.28. The third kappa shape index (κ3) is 4.88. The lowest BCUT2D eigenvalue weighted by atomic mass is 9.95. The number of hydrogen-bond donors (Lipinski definition) is 2. The van der Waals surface area contributed by atoms with Gasteiger partial charge in [0.2, 0.25) is 5.01 Å². The summed E-state index contributed by atoms with van der Waals surface area (Å²) < 4.78 is 0. The van der Waals surface area contributed by atoms with Crippen LogP contribution in [0.5, 0.6) is 0 Å². The zero-order valence-electron chi connectivity index (χ0n) is 15.0. The van der Waals surface area contributed by atoms with Gasteiger partial charge in [-0.2, -0.15) is 0 Å². The van der Waals surface area contributed by atoms with Gasteiger partial charge in [0.05, 0.1) is 0 Å². The van der Waals surface area contributed by atoms with Crippen molar-refractivity contribution in [1.82, 2.24) is 15.5 Å². The molecule has 0 aliphatic heterocycles. The smallest absolute Gasteiger partial charge is 0.286 e. The quantitative estimate of drug-likeness (QED) is 0.808. The molecular weight excluding hydrogens is 348 g/mol. The number of aromatic nitrogens is 2. The number of rotatable bonds is 6. The van der Waals surface area contributed by atoms with Gasteiger partial charge in [-0.3, -0.25) is 9.59 Å². The molecule has 2 amide bonds. The second-order valence-electron chi connectivity index (χ2n) is 6.59. The van der Waals surface area contributed by atoms with Gasteiger partial charge in [-0.1, -0.05) is 43.6 Å². The van der Waals surface area contributed by atoms with E-state index >= 15 is 0 Å². The lowest BCUT2D eigenvalue weighted by molar-refractivity contribution is 0.0926. The number of amides is 2. The van der Waals surface area contributed by atoms with Gasteiger partial charge in [-0.25, -0.2) is 0 Å². The zero-order valence-corrected chi connectivity index (χ0v) is 15.8. The van der Waals surface area contributed by atoms with Crippen molar-refractivity contribution in [2.75, 3.05) is 5.32 Å². The Morgan fingerprint density at radius 2 is 1.96 bits per heavy atom. The molecule has 26 heavy (non-hydrogen) atoms. The van der Waals surface area contributed by atoms with Crippen LogP contribution in [0.4, 0.5) is 5.69 Å². The molecule has 0 bridgehead atoms. The molecule has 2 N–H and O–H groups in total. The number of anilines is 1. The van der Waals surface area contributed by atoms with E-state index in [2.05, 4.69) is 27.8 Å². The summed E-state index contributed by atoms with van der Waals surface area (Å²) in [6, 6.07) is 7.26. The summed E-state index contributed by atoms with van der Waals surface area (Å²) in [4.78, 5) is 24.8. The van der Waals surface area contributed by atoms with Crippen molar-refractivity contribution in [3.8, 4) is 0 Å². The molecule has 1 aromatic heterocycles. The number of nitrogens with zero attached hydrogens (tertiary/aromatic N) is 2. The first-order valence-corrected chi connectivity index (χ1v) is 10.0. The highest BCUT2D eigenvalue weighted by Crippen LogP contribution is 2.19. The van der Waals surface area contributed by atoms with Crippen molar-refractivity contribution in [3.05, 3.63) is 39.8 Å². The molecule has 7 heteroatoms. The molecule has 138 valence electrons. The largest absolute Gasteiger partial charge is 0.349 e. The van der Waals surface area contributed by atoms with E-state index in [1.54, 1.807) is 24.3 Å². The Kier molecular flexibility index (Phi) is 6.33. The van der Waals surface area contributed by atoms with E-state index in [4.69, 9.17) is 0 Å². The van der Waals surface area contributed by atoms with Gasteiger partial charge < -0.3 is 10.6 Å². The molecule has 0 spiro atoms. The van der Waals surface area contributed by atoms with Gasteiger partial charge >= 0.3 is 0 Å². The molecule has 0 radical (unpaired) electrons. The van der Waals surface area contributed by atoms with Crippen molar-refractivity contribution in [1.29, 1.82) is 0 Å². The molecule has 0 saturated heterocycles. The number of aryl methyl sites for hydroxylation is 1. The first kappa shape index (κ1) is 18.5. The van der Waals surface area contributed by atoms with Crippen LogP contribution >= 0.6 is 11.3 Å². The number of hydrogen-bond acceptors (Lipinski definition) is 5. The fourth-order valence-electron chi connectivity index (χ4n) is 3.10. The fourth-order valence-corrected chi connectivity index (χ4v) is 3.94. The van der Waals surface area contributed by atoms with Crippen LogP contribution in [0.2, 0.25) is 0 Å². The molecule has 6 nitrogen and oxygen atoms in total. The monoisotopic (exact) mass is 372 g/mol. The van der Waals surface area contributed by atoms with Gasteiger partial charge in [0.25, 0.3) is 11.8 Å². The second kappa shape index (κ2) is 8.89. The number of benzene rings is 1. The summed E-state index contributed by atoms with van der Waals surface area (Å²) in [7, 11) is 0. The van der Waals surface area contributed by atoms with Crippen LogP contribution in [0, 0.1) is 0 Å². The molecule has 1 heterocycles. The summed E-state index contributed by atoms with van der Waals surface area (Å²) in [5, 5.41) is 15.1. The van der Waals surface area contributed by atoms with Crippen molar-refractivity contribution >= 4 is 28.8 Å². The van der Waals surface area contributed by atoms with Crippen LogP contribution < -0.4 is 10.6 Å². The van der Waals surface area contributed by atoms with Crippen LogP contribution in [0.25, 0.3) is 0 Å². The lowest BCUT2D eigenvalue weighted by Crippen LogP contribution is -2.36. The first-order chi connectivity index (χ1) is 12.7. The van der Waals surface area contributed by atoms with Crippen LogP contribution in [0.1, 0.15) is 70.6 Å². The molecule has 3 rings (SSSR count). The van der Waals surface area contributed by atoms with E-state index in [0.717, 1.165) is 30.7 Å². The van der Waals surface area contributed by atoms with Crippen LogP contribution in [-0.4, -0.2) is 28.1 Å². The maximum absolute atomic E-state index is 12.5. The minimum Gasteiger partial charge on any atom is -0.349 e. The maximum atomic E-state index is 12.5. The van der Waals surface area contributed by atoms with Gasteiger partial charge in [0, 0.05) is 23.7 Å². The molecule has 1 aromatic carbocycles. The number of nitrogens with one attached hydrogen (secondary N) is 2. The molecule has 1 aliphatic carbocycles. The Morgan fingerprint density at radius 1 is 1.15 bits per heavy atom. The van der Waals surface area contributed by atoms with Crippen molar-refractivity contribution in [2.24, 2.45) is 0 Å². The minimum absolute atomic E-state index is 0.0888. The first-order valence-electron chi connectivity index (χ1n) is 9.20. The lowest BCUT2D eigenvalue weighted by Gasteiger charge is -2.22. The summed E-state index contributed by atoms with van der Waals surface area (Å²) >= 11 is 1.31. The molecule has 1 saturated carbocycles. The van der Waals surface area contributed by atoms with Crippen molar-refractivity contribution in [2.45, 2.75) is 57.9 Å². The highest BCUT2D eigenvalue weighted by molar-refractivity contribution is 7.13. The zero-order chi connectivity index (χ0) is 18.4. The molecule has 0 unspecified atom stereocenters. The summed E-state index contributed by atoms with van der Waals surface area (Å²) in [5.41, 5.74) is 1.14. The minimum atomic E-state index is -0.297. The Balaban J connectivity index is 1.62. The van der Waals surface area contributed by atoms with Crippen molar-refractivity contribution < 1.29 is 9.59 Å². The Labute approximate surface area is 157 Å². The summed E-state index contributed by atoms with van der Waals surface area (Å²) in [6.07, 6.45) is 7.46. The topological polar surface area (TPSA) is 84.0 Å². The van der Waals surface area contributed by atoms with Crippen LogP contribution in [0.3, 0.4) is 0 Å². The van der Waals surface area contributed by atoms with Gasteiger partial charge in [-0.15, -0.1) is 10.2 Å². The average molecular weight is 372 g/mol. The third-order valence-corrected chi connectivity index (χ3v) is 5.43. The standard InChI is InChI=1S/C19H24N4O2S/c1-2-7-16-22-23-19(26-16)18(25)21-15-11-6-8-13(12-15)17(24)20-14-9-4-3-5-10-14/h6,8,11-12,14H,2-5,7,9-10H2,1H3,(H,20,24)(H,21,25). The normalized spacial score (nSPS) is 14.8. The van der Waals surface area contributed by atoms with E-state index in [1.807, 2.05) is 0 Å². The molecule has 0 atom stereocenters. The van der Waals surface area contributed by atoms with Gasteiger partial charge in [-0.05, 0) is 37.5 Å². The highest BCUT2D eigenvalue weighted by Gasteiger charge is 2.17. The Bertz CT molecular complexity index is 768. The third-order valence-electron chi connectivity index (χ3n) is 4.45. The van der Waals surface area contributed by atoms with E-state index < -0.39 is 0 Å². The van der Waals surface area contributed by atoms with E-state index in [1.165, 1.54) is 30.6 Å². The SMILES string of the molecule is CCCc1nnc(C(=O)Nc2cccc(C(=O)NC3CCCCC3)c2)s1. The summed E-state index contributed by atoms with van der Waals surface area (Å²) in [5.74, 6) is -0.385. The molecule has 1 aliphatic rings. The van der Waals surface area contributed by atoms with E-state index in [-0.39, 0.29) is 17.9 Å².